The average molecular weight is 591 g/mol. The molecule has 222 valence electrons. The van der Waals surface area contributed by atoms with E-state index in [1.165, 1.54) is 88.7 Å². The molecule has 0 aromatic heterocycles. The quantitative estimate of drug-likeness (QED) is 0.192. The Kier molecular flexibility index (Phi) is 6.76. The Balaban J connectivity index is 1.46. The summed E-state index contributed by atoms with van der Waals surface area (Å²) in [6.45, 7) is 8.64. The van der Waals surface area contributed by atoms with Crippen LogP contribution in [0.3, 0.4) is 0 Å². The van der Waals surface area contributed by atoms with Crippen LogP contribution in [0.25, 0.3) is 61.9 Å². The van der Waals surface area contributed by atoms with Crippen molar-refractivity contribution in [3.63, 3.8) is 0 Å². The molecule has 0 heterocycles. The third kappa shape index (κ3) is 4.13. The van der Waals surface area contributed by atoms with E-state index in [2.05, 4.69) is 173 Å². The molecule has 6 aromatic rings. The number of aryl methyl sites for hydroxylation is 1. The summed E-state index contributed by atoms with van der Waals surface area (Å²) >= 11 is 0. The van der Waals surface area contributed by atoms with Crippen molar-refractivity contribution in [1.29, 1.82) is 0 Å². The minimum absolute atomic E-state index is 0.209. The van der Waals surface area contributed by atoms with Crippen LogP contribution in [0.2, 0.25) is 0 Å². The summed E-state index contributed by atoms with van der Waals surface area (Å²) in [5, 5.41) is 2.61. The molecule has 0 saturated carbocycles. The van der Waals surface area contributed by atoms with E-state index >= 15 is 0 Å². The summed E-state index contributed by atoms with van der Waals surface area (Å²) in [5.74, 6) is 0. The molecule has 0 amide bonds. The first kappa shape index (κ1) is 28.3. The molecular formula is C46H38. The summed E-state index contributed by atoms with van der Waals surface area (Å²) < 4.78 is 0. The van der Waals surface area contributed by atoms with Crippen LogP contribution < -0.4 is 0 Å². The molecule has 0 heteroatoms. The lowest BCUT2D eigenvalue weighted by molar-refractivity contribution is 0.677. The minimum atomic E-state index is -0.209. The van der Waals surface area contributed by atoms with Crippen molar-refractivity contribution in [2.24, 2.45) is 0 Å². The summed E-state index contributed by atoms with van der Waals surface area (Å²) in [6, 6.07) is 43.8. The van der Waals surface area contributed by atoms with Crippen LogP contribution in [-0.4, -0.2) is 0 Å². The summed E-state index contributed by atoms with van der Waals surface area (Å²) in [5.41, 5.74) is 18.5. The zero-order valence-electron chi connectivity index (χ0n) is 27.1. The lowest BCUT2D eigenvalue weighted by Crippen LogP contribution is -2.24. The Morgan fingerprint density at radius 2 is 1.11 bits per heavy atom. The maximum Gasteiger partial charge on any atom is 0.0512 e. The predicted octanol–water partition coefficient (Wildman–Crippen LogP) is 12.7. The first-order valence-electron chi connectivity index (χ1n) is 16.5. The fourth-order valence-electron chi connectivity index (χ4n) is 8.33. The molecule has 2 aliphatic rings. The summed E-state index contributed by atoms with van der Waals surface area (Å²) in [7, 11) is 0. The lowest BCUT2D eigenvalue weighted by Gasteiger charge is -2.30. The highest BCUT2D eigenvalue weighted by Crippen LogP contribution is 2.62. The number of hydrogen-bond donors (Lipinski definition) is 0. The van der Waals surface area contributed by atoms with E-state index in [4.69, 9.17) is 0 Å². The van der Waals surface area contributed by atoms with Crippen molar-refractivity contribution in [1.82, 2.24) is 0 Å². The third-order valence-electron chi connectivity index (χ3n) is 10.3. The van der Waals surface area contributed by atoms with E-state index in [-0.39, 0.29) is 5.41 Å². The molecule has 0 fully saturated rings. The number of allylic oxidation sites excluding steroid dienone is 4. The van der Waals surface area contributed by atoms with E-state index in [9.17, 15) is 0 Å². The largest absolute Gasteiger partial charge is 0.0871 e. The van der Waals surface area contributed by atoms with Gasteiger partial charge >= 0.3 is 0 Å². The normalized spacial score (nSPS) is 17.4. The molecule has 0 radical (unpaired) electrons. The highest BCUT2D eigenvalue weighted by atomic mass is 14.5. The Hall–Kier alpha value is -5.20. The van der Waals surface area contributed by atoms with Gasteiger partial charge in [0.05, 0.1) is 5.41 Å². The first-order chi connectivity index (χ1) is 22.6. The van der Waals surface area contributed by atoms with Gasteiger partial charge in [0.15, 0.2) is 0 Å². The second-order valence-electron chi connectivity index (χ2n) is 12.8. The van der Waals surface area contributed by atoms with Crippen LogP contribution in [0.4, 0.5) is 0 Å². The molecule has 0 bridgehead atoms. The van der Waals surface area contributed by atoms with Gasteiger partial charge in [-0.05, 0) is 135 Å². The molecule has 1 spiro atoms. The van der Waals surface area contributed by atoms with E-state index in [0.29, 0.717) is 0 Å². The molecule has 6 aromatic carbocycles. The van der Waals surface area contributed by atoms with E-state index in [1.54, 1.807) is 0 Å². The Bertz CT molecular complexity index is 2240. The molecule has 1 unspecified atom stereocenters. The summed E-state index contributed by atoms with van der Waals surface area (Å²) in [4.78, 5) is 0. The topological polar surface area (TPSA) is 0 Å². The van der Waals surface area contributed by atoms with Gasteiger partial charge in [-0.2, -0.15) is 0 Å². The van der Waals surface area contributed by atoms with E-state index in [0.717, 1.165) is 6.42 Å². The maximum absolute atomic E-state index is 2.56. The molecule has 0 saturated heterocycles. The van der Waals surface area contributed by atoms with Crippen molar-refractivity contribution in [2.45, 2.75) is 39.5 Å². The van der Waals surface area contributed by atoms with Crippen LogP contribution in [-0.2, 0) is 5.41 Å². The highest BCUT2D eigenvalue weighted by molar-refractivity contribution is 6.09. The Morgan fingerprint density at radius 1 is 0.522 bits per heavy atom. The van der Waals surface area contributed by atoms with Gasteiger partial charge in [-0.25, -0.2) is 0 Å². The molecule has 0 nitrogen and oxygen atoms in total. The molecular weight excluding hydrogens is 553 g/mol. The smallest absolute Gasteiger partial charge is 0.0512 e. The minimum Gasteiger partial charge on any atom is -0.0871 e. The fourth-order valence-corrected chi connectivity index (χ4v) is 8.33. The van der Waals surface area contributed by atoms with E-state index < -0.39 is 0 Å². The van der Waals surface area contributed by atoms with Crippen molar-refractivity contribution < 1.29 is 0 Å². The molecule has 0 aliphatic heterocycles. The van der Waals surface area contributed by atoms with Crippen molar-refractivity contribution in [3.8, 4) is 33.4 Å². The predicted molar refractivity (Wildman–Crippen MR) is 199 cm³/mol. The zero-order valence-corrected chi connectivity index (χ0v) is 27.1. The highest BCUT2D eigenvalue weighted by Gasteiger charge is 2.50. The standard InChI is InChI=1S/C46H38/c1-5-11-31-17-21-34(22-18-31)36-25-26-37(35-23-19-32(12-6-2)20-24-35)41-28-44-42(27-40(36)41)39-15-10-13-30(4)45(39)46(44)29-33(7-3)38-14-8-9-16-43(38)46/h5-28H,29H2,1-4H3/b11-5+,12-6+,33-7+. The fraction of sp³-hybridized carbons (Fsp3) is 0.130. The van der Waals surface area contributed by atoms with Gasteiger partial charge in [-0.15, -0.1) is 0 Å². The molecule has 46 heavy (non-hydrogen) atoms. The zero-order chi connectivity index (χ0) is 31.4. The molecule has 0 N–H and O–H groups in total. The van der Waals surface area contributed by atoms with Crippen molar-refractivity contribution in [3.05, 3.63) is 172 Å². The van der Waals surface area contributed by atoms with Crippen molar-refractivity contribution >= 4 is 28.5 Å². The number of benzene rings is 6. The second kappa shape index (κ2) is 11.0. The van der Waals surface area contributed by atoms with Gasteiger partial charge in [0.1, 0.15) is 0 Å². The Morgan fingerprint density at radius 3 is 1.72 bits per heavy atom. The SMILES string of the molecule is C/C=C/c1ccc(-c2ccc(-c3ccc(/C=C/C)cc3)c3cc4c(cc23)-c2cccc(C)c2C42C/C(=C\C)c3ccccc32)cc1. The van der Waals surface area contributed by atoms with Crippen LogP contribution in [0.1, 0.15) is 66.1 Å². The Labute approximate surface area is 273 Å². The van der Waals surface area contributed by atoms with Crippen LogP contribution in [0.15, 0.2) is 133 Å². The van der Waals surface area contributed by atoms with Crippen LogP contribution in [0, 0.1) is 6.92 Å². The first-order valence-corrected chi connectivity index (χ1v) is 16.5. The van der Waals surface area contributed by atoms with Gasteiger partial charge in [0.25, 0.3) is 0 Å². The average Bonchev–Trinajstić information content (AvgIpc) is 3.57. The van der Waals surface area contributed by atoms with Gasteiger partial charge in [-0.3, -0.25) is 0 Å². The van der Waals surface area contributed by atoms with Gasteiger partial charge < -0.3 is 0 Å². The van der Waals surface area contributed by atoms with E-state index in [1.807, 2.05) is 0 Å². The number of fused-ring (bicyclic) bond motifs is 8. The molecule has 1 atom stereocenters. The number of hydrogen-bond acceptors (Lipinski definition) is 0. The number of rotatable bonds is 4. The maximum atomic E-state index is 2.56. The lowest BCUT2D eigenvalue weighted by atomic mass is 9.71. The summed E-state index contributed by atoms with van der Waals surface area (Å²) in [6.07, 6.45) is 11.8. The van der Waals surface area contributed by atoms with Gasteiger partial charge in [0, 0.05) is 0 Å². The molecule has 2 aliphatic carbocycles. The van der Waals surface area contributed by atoms with Crippen LogP contribution >= 0.6 is 0 Å². The monoisotopic (exact) mass is 590 g/mol. The second-order valence-corrected chi connectivity index (χ2v) is 12.8. The van der Waals surface area contributed by atoms with Gasteiger partial charge in [-0.1, -0.05) is 134 Å². The third-order valence-corrected chi connectivity index (χ3v) is 10.3. The molecule has 8 rings (SSSR count). The van der Waals surface area contributed by atoms with Gasteiger partial charge in [0.2, 0.25) is 0 Å². The van der Waals surface area contributed by atoms with Crippen molar-refractivity contribution in [2.75, 3.05) is 0 Å². The van der Waals surface area contributed by atoms with Crippen LogP contribution in [0.5, 0.6) is 0 Å².